The van der Waals surface area contributed by atoms with Crippen molar-refractivity contribution in [3.63, 3.8) is 0 Å². The van der Waals surface area contributed by atoms with Gasteiger partial charge in [0.1, 0.15) is 30.0 Å². The van der Waals surface area contributed by atoms with E-state index in [1.807, 2.05) is 13.8 Å². The van der Waals surface area contributed by atoms with Gasteiger partial charge in [-0.1, -0.05) is 19.0 Å². The summed E-state index contributed by atoms with van der Waals surface area (Å²) in [5.41, 5.74) is -1.80. The van der Waals surface area contributed by atoms with Gasteiger partial charge in [-0.25, -0.2) is 4.79 Å². The Balaban J connectivity index is 2.03. The second-order valence-electron chi connectivity index (χ2n) is 8.41. The van der Waals surface area contributed by atoms with Gasteiger partial charge in [0.05, 0.1) is 12.5 Å². The molecule has 0 aromatic carbocycles. The van der Waals surface area contributed by atoms with Crippen molar-refractivity contribution in [1.29, 1.82) is 0 Å². The number of esters is 1. The first-order chi connectivity index (χ1) is 17.6. The number of alkyl halides is 1. The molecule has 2 aliphatic rings. The summed E-state index contributed by atoms with van der Waals surface area (Å²) in [7, 11) is 2.57. The van der Waals surface area contributed by atoms with Crippen LogP contribution in [0.3, 0.4) is 0 Å². The summed E-state index contributed by atoms with van der Waals surface area (Å²) in [5, 5.41) is 5.38. The molecule has 2 amide bonds. The second kappa shape index (κ2) is 13.8. The average molecular weight is 566 g/mol. The molecule has 0 bridgehead atoms. The molecule has 2 aliphatic heterocycles. The molecule has 2 rings (SSSR count). The average Bonchev–Trinajstić information content (AvgIpc) is 2.88. The quantitative estimate of drug-likeness (QED) is 0.0647. The van der Waals surface area contributed by atoms with Crippen molar-refractivity contribution in [2.45, 2.75) is 57.4 Å². The summed E-state index contributed by atoms with van der Waals surface area (Å²) in [6, 6.07) is -0.943. The highest BCUT2D eigenvalue weighted by Gasteiger charge is 2.58. The zero-order valence-electron chi connectivity index (χ0n) is 21.3. The Bertz CT molecular complexity index is 915. The van der Waals surface area contributed by atoms with Gasteiger partial charge in [0.15, 0.2) is 0 Å². The van der Waals surface area contributed by atoms with Gasteiger partial charge < -0.3 is 34.0 Å². The van der Waals surface area contributed by atoms with Crippen LogP contribution in [-0.4, -0.2) is 103 Å². The van der Waals surface area contributed by atoms with E-state index in [9.17, 15) is 24.0 Å². The predicted octanol–water partition coefficient (Wildman–Crippen LogP) is 1.06. The van der Waals surface area contributed by atoms with Crippen LogP contribution in [0.5, 0.6) is 0 Å². The number of amides is 2. The molecule has 15 heteroatoms. The zero-order valence-corrected chi connectivity index (χ0v) is 22.9. The highest BCUT2D eigenvalue weighted by atomic mass is 35.5. The molecule has 0 spiro atoms. The Morgan fingerprint density at radius 3 is 2.43 bits per heavy atom. The third-order valence-corrected chi connectivity index (χ3v) is 7.61. The molecule has 0 aromatic heterocycles. The molecule has 0 radical (unpaired) electrons. The topological polar surface area (TPSA) is 159 Å². The predicted molar refractivity (Wildman–Crippen MR) is 132 cm³/mol. The third kappa shape index (κ3) is 7.26. The van der Waals surface area contributed by atoms with Crippen LogP contribution in [0.2, 0.25) is 0 Å². The van der Waals surface area contributed by atoms with Crippen LogP contribution < -0.4 is 5.32 Å². The summed E-state index contributed by atoms with van der Waals surface area (Å²) in [4.78, 5) is 68.2. The number of ether oxygens (including phenoxy) is 4. The SMILES string of the molecule is CCC(CC)OC(=O)OC(C)OC(=O)C1(COC)CS[C@@H]2C(NC(=O)C(=NOC)C(=O)CCl)C(=O)N2C1. The van der Waals surface area contributed by atoms with Crippen molar-refractivity contribution in [2.24, 2.45) is 10.6 Å². The molecule has 0 saturated carbocycles. The largest absolute Gasteiger partial charge is 0.511 e. The second-order valence-corrected chi connectivity index (χ2v) is 9.78. The van der Waals surface area contributed by atoms with Crippen LogP contribution in [0.15, 0.2) is 5.16 Å². The van der Waals surface area contributed by atoms with Gasteiger partial charge in [-0.05, 0) is 12.8 Å². The van der Waals surface area contributed by atoms with E-state index in [0.29, 0.717) is 12.8 Å². The lowest BCUT2D eigenvalue weighted by atomic mass is 9.88. The number of hydrogen-bond acceptors (Lipinski definition) is 12. The first-order valence-corrected chi connectivity index (χ1v) is 13.2. The highest BCUT2D eigenvalue weighted by molar-refractivity contribution is 8.00. The number of fused-ring (bicyclic) bond motifs is 1. The van der Waals surface area contributed by atoms with E-state index in [1.165, 1.54) is 37.8 Å². The number of carbonyl (C=O) groups excluding carboxylic acids is 5. The van der Waals surface area contributed by atoms with E-state index in [1.54, 1.807) is 0 Å². The summed E-state index contributed by atoms with van der Waals surface area (Å²) in [6.07, 6.45) is -1.26. The number of halogens is 1. The molecular weight excluding hydrogens is 534 g/mol. The Hall–Kier alpha value is -2.58. The maximum absolute atomic E-state index is 13.1. The molecule has 13 nitrogen and oxygen atoms in total. The number of hydrogen-bond donors (Lipinski definition) is 1. The number of methoxy groups -OCH3 is 1. The van der Waals surface area contributed by atoms with E-state index in [0.717, 1.165) is 0 Å². The minimum absolute atomic E-state index is 0.0485. The summed E-state index contributed by atoms with van der Waals surface area (Å²) >= 11 is 6.74. The fraction of sp³-hybridized carbons (Fsp3) is 0.727. The van der Waals surface area contributed by atoms with Crippen LogP contribution in [0.1, 0.15) is 33.6 Å². The highest BCUT2D eigenvalue weighted by Crippen LogP contribution is 2.43. The number of thioether (sulfide) groups is 1. The lowest BCUT2D eigenvalue weighted by molar-refractivity contribution is -0.186. The molecule has 4 atom stereocenters. The van der Waals surface area contributed by atoms with Crippen LogP contribution in [0, 0.1) is 5.41 Å². The first-order valence-electron chi connectivity index (χ1n) is 11.6. The molecule has 37 heavy (non-hydrogen) atoms. The summed E-state index contributed by atoms with van der Waals surface area (Å²) in [6.45, 7) is 5.00. The number of β-lactam (4-membered cyclic amide) rings is 1. The molecule has 2 fully saturated rings. The fourth-order valence-electron chi connectivity index (χ4n) is 3.81. The maximum atomic E-state index is 13.1. The Kier molecular flexibility index (Phi) is 11.4. The number of ketones is 1. The van der Waals surface area contributed by atoms with Crippen LogP contribution in [-0.2, 0) is 43.0 Å². The number of nitrogens with zero attached hydrogens (tertiary/aromatic N) is 2. The van der Waals surface area contributed by atoms with Gasteiger partial charge in [-0.15, -0.1) is 23.4 Å². The van der Waals surface area contributed by atoms with E-state index in [2.05, 4.69) is 15.3 Å². The van der Waals surface area contributed by atoms with Crippen LogP contribution >= 0.6 is 23.4 Å². The monoisotopic (exact) mass is 565 g/mol. The molecule has 1 N–H and O–H groups in total. The van der Waals surface area contributed by atoms with Crippen molar-refractivity contribution in [3.8, 4) is 0 Å². The number of Topliss-reactive ketones (excluding diaryl/α,β-unsaturated/α-hetero) is 1. The lowest BCUT2D eigenvalue weighted by Gasteiger charge is -2.53. The standard InChI is InChI=1S/C22H32ClN3O10S/c1-6-13(7-2)36-21(31)35-12(3)34-20(30)22(10-32-4)9-26-18(29)16(19(26)37-11-22)24-17(28)15(25-33-5)14(27)8-23/h12-13,16,19H,6-11H2,1-5H3,(H,24,28)/t12?,16?,19-,22?/m1/s1. The van der Waals surface area contributed by atoms with Crippen molar-refractivity contribution in [2.75, 3.05) is 39.0 Å². The first kappa shape index (κ1) is 30.6. The van der Waals surface area contributed by atoms with Gasteiger partial charge >= 0.3 is 12.1 Å². The number of nitrogens with one attached hydrogen (secondary N) is 1. The molecular formula is C22H32ClN3O10S. The molecule has 208 valence electrons. The van der Waals surface area contributed by atoms with Crippen molar-refractivity contribution in [1.82, 2.24) is 10.2 Å². The molecule has 2 saturated heterocycles. The minimum atomic E-state index is -1.24. The fourth-order valence-corrected chi connectivity index (χ4v) is 5.46. The summed E-state index contributed by atoms with van der Waals surface area (Å²) < 4.78 is 20.8. The number of oxime groups is 1. The lowest BCUT2D eigenvalue weighted by Crippen LogP contribution is -2.74. The Morgan fingerprint density at radius 1 is 1.19 bits per heavy atom. The van der Waals surface area contributed by atoms with Gasteiger partial charge in [-0.2, -0.15) is 0 Å². The normalized spacial score (nSPS) is 23.9. The minimum Gasteiger partial charge on any atom is -0.431 e. The molecule has 0 aliphatic carbocycles. The smallest absolute Gasteiger partial charge is 0.431 e. The van der Waals surface area contributed by atoms with Gasteiger partial charge in [0, 0.05) is 26.3 Å². The molecule has 2 heterocycles. The van der Waals surface area contributed by atoms with E-state index >= 15 is 0 Å². The van der Waals surface area contributed by atoms with Crippen molar-refractivity contribution >= 4 is 58.8 Å². The molecule has 0 aromatic rings. The van der Waals surface area contributed by atoms with E-state index in [-0.39, 0.29) is 25.0 Å². The Morgan fingerprint density at radius 2 is 1.86 bits per heavy atom. The van der Waals surface area contributed by atoms with Crippen molar-refractivity contribution in [3.05, 3.63) is 0 Å². The van der Waals surface area contributed by atoms with Gasteiger partial charge in [-0.3, -0.25) is 19.2 Å². The Labute approximate surface area is 223 Å². The molecule has 3 unspecified atom stereocenters. The van der Waals surface area contributed by atoms with Gasteiger partial charge in [0.25, 0.3) is 5.91 Å². The van der Waals surface area contributed by atoms with Crippen LogP contribution in [0.4, 0.5) is 4.79 Å². The van der Waals surface area contributed by atoms with Crippen LogP contribution in [0.25, 0.3) is 0 Å². The van der Waals surface area contributed by atoms with E-state index in [4.69, 9.17) is 30.5 Å². The summed E-state index contributed by atoms with van der Waals surface area (Å²) in [5.74, 6) is -3.14. The third-order valence-electron chi connectivity index (χ3n) is 5.78. The van der Waals surface area contributed by atoms with Gasteiger partial charge in [0.2, 0.25) is 23.7 Å². The zero-order chi connectivity index (χ0) is 27.8. The number of rotatable bonds is 13. The maximum Gasteiger partial charge on any atom is 0.511 e. The van der Waals surface area contributed by atoms with E-state index < -0.39 is 64.4 Å². The van der Waals surface area contributed by atoms with Crippen molar-refractivity contribution < 1.29 is 47.8 Å². The number of carbonyl (C=O) groups is 5.